The molecule has 0 saturated carbocycles. The van der Waals surface area contributed by atoms with E-state index < -0.39 is 0 Å². The van der Waals surface area contributed by atoms with Crippen molar-refractivity contribution in [2.45, 2.75) is 33.6 Å². The number of aromatic amines is 3. The van der Waals surface area contributed by atoms with Crippen molar-refractivity contribution < 1.29 is 0 Å². The molecule has 0 fully saturated rings. The van der Waals surface area contributed by atoms with E-state index >= 15 is 0 Å². The van der Waals surface area contributed by atoms with Gasteiger partial charge in [-0.2, -0.15) is 0 Å². The van der Waals surface area contributed by atoms with Gasteiger partial charge in [-0.05, 0) is 61.6 Å². The molecule has 25 heavy (non-hydrogen) atoms. The first-order valence-electron chi connectivity index (χ1n) is 8.50. The van der Waals surface area contributed by atoms with Crippen molar-refractivity contribution in [2.24, 2.45) is 0 Å². The second kappa shape index (κ2) is 6.89. The molecule has 130 valence electrons. The number of H-pyrrole nitrogens is 3. The third-order valence-corrected chi connectivity index (χ3v) is 4.64. The summed E-state index contributed by atoms with van der Waals surface area (Å²) >= 11 is 0. The van der Waals surface area contributed by atoms with Gasteiger partial charge >= 0.3 is 0 Å². The van der Waals surface area contributed by atoms with E-state index in [1.54, 1.807) is 0 Å². The van der Waals surface area contributed by atoms with Crippen LogP contribution in [0.25, 0.3) is 12.2 Å². The molecule has 0 aliphatic carbocycles. The summed E-state index contributed by atoms with van der Waals surface area (Å²) in [5.74, 6) is 0. The van der Waals surface area contributed by atoms with E-state index in [4.69, 9.17) is 5.73 Å². The van der Waals surface area contributed by atoms with Gasteiger partial charge in [-0.25, -0.2) is 0 Å². The zero-order valence-corrected chi connectivity index (χ0v) is 14.9. The third-order valence-electron chi connectivity index (χ3n) is 4.64. The van der Waals surface area contributed by atoms with E-state index in [2.05, 4.69) is 36.0 Å². The number of nitrogens with one attached hydrogen (secondary N) is 3. The quantitative estimate of drug-likeness (QED) is 0.546. The number of hydrogen-bond acceptors (Lipinski definition) is 2. The summed E-state index contributed by atoms with van der Waals surface area (Å²) in [7, 11) is 0. The Morgan fingerprint density at radius 1 is 1.12 bits per heavy atom. The van der Waals surface area contributed by atoms with E-state index in [1.165, 1.54) is 11.1 Å². The minimum absolute atomic E-state index is 0.117. The largest absolute Gasteiger partial charge is 0.399 e. The van der Waals surface area contributed by atoms with Gasteiger partial charge in [-0.3, -0.25) is 15.0 Å². The molecule has 1 aromatic carbocycles. The van der Waals surface area contributed by atoms with Crippen molar-refractivity contribution in [3.63, 3.8) is 0 Å². The van der Waals surface area contributed by atoms with Gasteiger partial charge in [-0.15, -0.1) is 0 Å². The van der Waals surface area contributed by atoms with Crippen LogP contribution in [0.5, 0.6) is 0 Å². The monoisotopic (exact) mass is 336 g/mol. The van der Waals surface area contributed by atoms with Crippen molar-refractivity contribution in [1.82, 2.24) is 15.2 Å². The summed E-state index contributed by atoms with van der Waals surface area (Å²) in [6, 6.07) is 7.75. The van der Waals surface area contributed by atoms with Gasteiger partial charge in [0, 0.05) is 17.1 Å². The van der Waals surface area contributed by atoms with Crippen LogP contribution in [0.15, 0.2) is 29.1 Å². The van der Waals surface area contributed by atoms with E-state index in [1.807, 2.05) is 36.4 Å². The van der Waals surface area contributed by atoms with Crippen LogP contribution in [0, 0.1) is 13.8 Å². The van der Waals surface area contributed by atoms with Crippen LogP contribution in [-0.2, 0) is 12.8 Å². The van der Waals surface area contributed by atoms with Crippen molar-refractivity contribution in [3.8, 4) is 0 Å². The molecule has 2 heterocycles. The molecule has 2 aromatic heterocycles. The Labute approximate surface area is 146 Å². The second-order valence-electron chi connectivity index (χ2n) is 6.32. The highest BCUT2D eigenvalue weighted by Crippen LogP contribution is 2.18. The average Bonchev–Trinajstić information content (AvgIpc) is 3.07. The lowest BCUT2D eigenvalue weighted by molar-refractivity contribution is 1.03. The number of benzene rings is 1. The van der Waals surface area contributed by atoms with Gasteiger partial charge in [0.2, 0.25) is 0 Å². The lowest BCUT2D eigenvalue weighted by Crippen LogP contribution is -2.33. The lowest BCUT2D eigenvalue weighted by Gasteiger charge is -1.96. The van der Waals surface area contributed by atoms with Crippen LogP contribution >= 0.6 is 0 Å². The predicted octanol–water partition coefficient (Wildman–Crippen LogP) is 1.64. The first kappa shape index (κ1) is 16.9. The number of aromatic nitrogens is 3. The minimum Gasteiger partial charge on any atom is -0.399 e. The molecule has 3 aromatic rings. The molecule has 0 unspecified atom stereocenters. The molecule has 3 rings (SSSR count). The Morgan fingerprint density at radius 2 is 1.84 bits per heavy atom. The number of aryl methyl sites for hydroxylation is 1. The molecule has 0 amide bonds. The van der Waals surface area contributed by atoms with E-state index in [9.17, 15) is 4.79 Å². The summed E-state index contributed by atoms with van der Waals surface area (Å²) in [5.41, 5.74) is 12.1. The molecule has 0 bridgehead atoms. The van der Waals surface area contributed by atoms with Crippen LogP contribution in [-0.4, -0.2) is 15.2 Å². The van der Waals surface area contributed by atoms with Crippen molar-refractivity contribution in [3.05, 3.63) is 73.3 Å². The summed E-state index contributed by atoms with van der Waals surface area (Å²) in [6.45, 7) is 6.30. The second-order valence-corrected chi connectivity index (χ2v) is 6.32. The highest BCUT2D eigenvalue weighted by atomic mass is 16.1. The number of hydrogen-bond donors (Lipinski definition) is 4. The molecule has 0 atom stereocenters. The number of anilines is 1. The number of nitrogens with two attached hydrogens (primary N) is 1. The molecule has 0 aliphatic heterocycles. The zero-order chi connectivity index (χ0) is 18.0. The smallest absolute Gasteiger partial charge is 0.271 e. The topological polar surface area (TPSA) is 90.5 Å². The normalized spacial score (nSPS) is 12.9. The fourth-order valence-corrected chi connectivity index (χ4v) is 3.19. The van der Waals surface area contributed by atoms with Crippen LogP contribution in [0.1, 0.15) is 35.0 Å². The predicted molar refractivity (Wildman–Crippen MR) is 103 cm³/mol. The Kier molecular flexibility index (Phi) is 4.65. The van der Waals surface area contributed by atoms with Crippen LogP contribution in [0.2, 0.25) is 0 Å². The Balaban J connectivity index is 2.03. The molecule has 0 radical (unpaired) electrons. The van der Waals surface area contributed by atoms with Crippen LogP contribution in [0.3, 0.4) is 0 Å². The Morgan fingerprint density at radius 3 is 2.48 bits per heavy atom. The molecular weight excluding hydrogens is 312 g/mol. The van der Waals surface area contributed by atoms with E-state index in [0.29, 0.717) is 5.22 Å². The van der Waals surface area contributed by atoms with Crippen molar-refractivity contribution in [2.75, 3.05) is 5.73 Å². The Bertz CT molecular complexity index is 1050. The standard InChI is InChI=1S/C20H24N4O/c1-4-16-12(2)19(22-13(16)3)11-17-18(23-24-20(17)25)10-7-14-5-8-15(21)9-6-14/h5-6,8-11,22-23H,4,7,21H2,1-3H3,(H,24,25). The third kappa shape index (κ3) is 3.45. The van der Waals surface area contributed by atoms with Gasteiger partial charge in [0.05, 0.1) is 10.6 Å². The van der Waals surface area contributed by atoms with Crippen LogP contribution in [0.4, 0.5) is 5.69 Å². The zero-order valence-electron chi connectivity index (χ0n) is 14.9. The fourth-order valence-electron chi connectivity index (χ4n) is 3.19. The summed E-state index contributed by atoms with van der Waals surface area (Å²) < 4.78 is 0. The van der Waals surface area contributed by atoms with Crippen LogP contribution < -0.4 is 21.9 Å². The van der Waals surface area contributed by atoms with Crippen molar-refractivity contribution in [1.29, 1.82) is 0 Å². The first-order valence-corrected chi connectivity index (χ1v) is 8.50. The molecule has 5 heteroatoms. The molecule has 5 nitrogen and oxygen atoms in total. The fraction of sp³-hybridized carbons (Fsp3) is 0.250. The van der Waals surface area contributed by atoms with Gasteiger partial charge in [0.25, 0.3) is 5.56 Å². The summed E-state index contributed by atoms with van der Waals surface area (Å²) in [4.78, 5) is 15.6. The number of rotatable bonds is 4. The SMILES string of the molecule is CCc1c(C)[nH]c(C=c2c(=O)[nH][nH]c2=CCc2ccc(N)cc2)c1C. The Hall–Kier alpha value is -2.95. The van der Waals surface area contributed by atoms with E-state index in [-0.39, 0.29) is 5.56 Å². The maximum atomic E-state index is 12.2. The maximum Gasteiger partial charge on any atom is 0.271 e. The van der Waals surface area contributed by atoms with Gasteiger partial charge in [0.15, 0.2) is 0 Å². The summed E-state index contributed by atoms with van der Waals surface area (Å²) in [6.07, 6.45) is 5.63. The molecule has 0 spiro atoms. The average molecular weight is 336 g/mol. The highest BCUT2D eigenvalue weighted by Gasteiger charge is 2.08. The lowest BCUT2D eigenvalue weighted by atomic mass is 10.1. The number of nitrogen functional groups attached to an aromatic ring is 1. The first-order chi connectivity index (χ1) is 12.0. The van der Waals surface area contributed by atoms with Gasteiger partial charge in [0.1, 0.15) is 0 Å². The molecule has 0 saturated heterocycles. The van der Waals surface area contributed by atoms with Gasteiger partial charge < -0.3 is 10.7 Å². The van der Waals surface area contributed by atoms with E-state index in [0.717, 1.165) is 40.8 Å². The molecular formula is C20H24N4O. The highest BCUT2D eigenvalue weighted by molar-refractivity contribution is 5.54. The van der Waals surface area contributed by atoms with Crippen molar-refractivity contribution >= 4 is 17.8 Å². The minimum atomic E-state index is -0.117. The van der Waals surface area contributed by atoms with Gasteiger partial charge in [-0.1, -0.05) is 25.1 Å². The molecule has 0 aliphatic rings. The summed E-state index contributed by atoms with van der Waals surface area (Å²) in [5, 5.41) is 7.09. The molecule has 5 N–H and O–H groups in total. The maximum absolute atomic E-state index is 12.2.